The van der Waals surface area contributed by atoms with Crippen molar-refractivity contribution in [2.75, 3.05) is 0 Å². The second-order valence-electron chi connectivity index (χ2n) is 4.34. The largest absolute Gasteiger partial charge is 0.591 e. The summed E-state index contributed by atoms with van der Waals surface area (Å²) in [4.78, 5) is 0. The van der Waals surface area contributed by atoms with E-state index in [2.05, 4.69) is 4.40 Å². The summed E-state index contributed by atoms with van der Waals surface area (Å²) in [5, 5.41) is 0. The van der Waals surface area contributed by atoms with Crippen molar-refractivity contribution in [1.82, 2.24) is 0 Å². The zero-order chi connectivity index (χ0) is 11.3. The molecule has 0 N–H and O–H groups in total. The minimum Gasteiger partial charge on any atom is -0.591 e. The van der Waals surface area contributed by atoms with Crippen LogP contribution in [-0.2, 0) is 17.8 Å². The Kier molecular flexibility index (Phi) is 4.36. The van der Waals surface area contributed by atoms with Crippen LogP contribution < -0.4 is 0 Å². The van der Waals surface area contributed by atoms with Crippen LogP contribution in [0.5, 0.6) is 0 Å². The Hall–Kier alpha value is -0.800. The SMILES string of the molecule is CC(C)(C)[S@+]([O-])/N=C\Cc1ccccc1. The highest BCUT2D eigenvalue weighted by molar-refractivity contribution is 7.91. The Balaban J connectivity index is 2.47. The van der Waals surface area contributed by atoms with E-state index in [9.17, 15) is 4.55 Å². The second-order valence-corrected chi connectivity index (χ2v) is 6.27. The number of rotatable bonds is 3. The van der Waals surface area contributed by atoms with Gasteiger partial charge in [-0.25, -0.2) is 0 Å². The standard InChI is InChI=1S/C12H17NOS/c1-12(2,3)15(14)13-10-9-11-7-5-4-6-8-11/h4-8,10H,9H2,1-3H3/b13-10-/t15-/m0/s1. The van der Waals surface area contributed by atoms with Crippen LogP contribution in [0, 0.1) is 0 Å². The first-order chi connectivity index (χ1) is 7.00. The average Bonchev–Trinajstić information content (AvgIpc) is 2.18. The van der Waals surface area contributed by atoms with E-state index < -0.39 is 11.4 Å². The van der Waals surface area contributed by atoms with E-state index in [-0.39, 0.29) is 4.75 Å². The molecule has 0 aromatic heterocycles. The molecule has 0 aliphatic carbocycles. The first-order valence-electron chi connectivity index (χ1n) is 4.98. The lowest BCUT2D eigenvalue weighted by Crippen LogP contribution is -2.25. The number of benzene rings is 1. The lowest BCUT2D eigenvalue weighted by atomic mass is 10.2. The van der Waals surface area contributed by atoms with Gasteiger partial charge < -0.3 is 4.55 Å². The molecule has 0 radical (unpaired) electrons. The topological polar surface area (TPSA) is 35.4 Å². The first-order valence-corrected chi connectivity index (χ1v) is 6.09. The Bertz CT molecular complexity index is 316. The van der Waals surface area contributed by atoms with Crippen molar-refractivity contribution in [3.63, 3.8) is 0 Å². The van der Waals surface area contributed by atoms with Crippen LogP contribution in [0.25, 0.3) is 0 Å². The molecule has 1 aromatic rings. The molecule has 0 spiro atoms. The third kappa shape index (κ3) is 4.49. The summed E-state index contributed by atoms with van der Waals surface area (Å²) in [6.45, 7) is 5.76. The molecule has 0 heterocycles. The van der Waals surface area contributed by atoms with Crippen LogP contribution in [-0.4, -0.2) is 15.5 Å². The number of hydrogen-bond donors (Lipinski definition) is 0. The molecule has 82 valence electrons. The van der Waals surface area contributed by atoms with E-state index in [0.29, 0.717) is 0 Å². The van der Waals surface area contributed by atoms with Gasteiger partial charge in [-0.05, 0) is 26.3 Å². The Morgan fingerprint density at radius 1 is 1.27 bits per heavy atom. The van der Waals surface area contributed by atoms with Crippen molar-refractivity contribution in [1.29, 1.82) is 0 Å². The molecule has 0 unspecified atom stereocenters. The highest BCUT2D eigenvalue weighted by atomic mass is 32.2. The lowest BCUT2D eigenvalue weighted by molar-refractivity contribution is 0.561. The predicted octanol–water partition coefficient (Wildman–Crippen LogP) is 2.76. The molecule has 0 aliphatic heterocycles. The monoisotopic (exact) mass is 223 g/mol. The lowest BCUT2D eigenvalue weighted by Gasteiger charge is -2.17. The van der Waals surface area contributed by atoms with Gasteiger partial charge in [-0.1, -0.05) is 34.7 Å². The second kappa shape index (κ2) is 5.33. The van der Waals surface area contributed by atoms with Crippen LogP contribution in [0.1, 0.15) is 26.3 Å². The summed E-state index contributed by atoms with van der Waals surface area (Å²) in [6.07, 6.45) is 2.47. The smallest absolute Gasteiger partial charge is 0.144 e. The Labute approximate surface area is 94.7 Å². The molecule has 0 fully saturated rings. The summed E-state index contributed by atoms with van der Waals surface area (Å²) in [5.41, 5.74) is 1.19. The average molecular weight is 223 g/mol. The summed E-state index contributed by atoms with van der Waals surface area (Å²) in [7, 11) is 0. The van der Waals surface area contributed by atoms with E-state index in [0.717, 1.165) is 6.42 Å². The van der Waals surface area contributed by atoms with Crippen molar-refractivity contribution in [2.24, 2.45) is 4.40 Å². The molecule has 1 atom stereocenters. The molecule has 1 rings (SSSR count). The van der Waals surface area contributed by atoms with E-state index in [4.69, 9.17) is 0 Å². The van der Waals surface area contributed by atoms with Gasteiger partial charge in [0.2, 0.25) is 0 Å². The third-order valence-corrected chi connectivity index (χ3v) is 3.25. The van der Waals surface area contributed by atoms with E-state index in [1.165, 1.54) is 5.56 Å². The maximum Gasteiger partial charge on any atom is 0.144 e. The highest BCUT2D eigenvalue weighted by Crippen LogP contribution is 2.16. The van der Waals surface area contributed by atoms with E-state index in [1.54, 1.807) is 6.21 Å². The van der Waals surface area contributed by atoms with Crippen molar-refractivity contribution in [3.05, 3.63) is 35.9 Å². The minimum atomic E-state index is -1.14. The molecule has 3 heteroatoms. The third-order valence-electron chi connectivity index (χ3n) is 1.86. The summed E-state index contributed by atoms with van der Waals surface area (Å²) in [5.74, 6) is 0. The van der Waals surface area contributed by atoms with Gasteiger partial charge in [0, 0.05) is 6.42 Å². The van der Waals surface area contributed by atoms with Gasteiger partial charge in [-0.15, -0.1) is 0 Å². The molecule has 15 heavy (non-hydrogen) atoms. The predicted molar refractivity (Wildman–Crippen MR) is 66.5 cm³/mol. The fraction of sp³-hybridized carbons (Fsp3) is 0.417. The van der Waals surface area contributed by atoms with Crippen LogP contribution >= 0.6 is 0 Å². The molecule has 0 amide bonds. The Morgan fingerprint density at radius 2 is 1.87 bits per heavy atom. The summed E-state index contributed by atoms with van der Waals surface area (Å²) in [6, 6.07) is 10.0. The summed E-state index contributed by atoms with van der Waals surface area (Å²) >= 11 is -1.14. The van der Waals surface area contributed by atoms with Gasteiger partial charge in [0.05, 0.1) is 6.21 Å². The zero-order valence-corrected chi connectivity index (χ0v) is 10.3. The fourth-order valence-corrected chi connectivity index (χ4v) is 1.51. The molecular formula is C12H17NOS. The van der Waals surface area contributed by atoms with E-state index in [1.807, 2.05) is 51.1 Å². The first kappa shape index (κ1) is 12.3. The fourth-order valence-electron chi connectivity index (χ4n) is 0.983. The van der Waals surface area contributed by atoms with Crippen LogP contribution in [0.3, 0.4) is 0 Å². The van der Waals surface area contributed by atoms with Gasteiger partial charge in [0.1, 0.15) is 16.1 Å². The van der Waals surface area contributed by atoms with Crippen LogP contribution in [0.15, 0.2) is 34.7 Å². The normalized spacial score (nSPS) is 14.4. The van der Waals surface area contributed by atoms with Crippen LogP contribution in [0.4, 0.5) is 0 Å². The molecular weight excluding hydrogens is 206 g/mol. The molecule has 1 aromatic carbocycles. The van der Waals surface area contributed by atoms with Crippen molar-refractivity contribution >= 4 is 17.6 Å². The van der Waals surface area contributed by atoms with Gasteiger partial charge in [-0.2, -0.15) is 0 Å². The molecule has 0 saturated heterocycles. The number of hydrogen-bond acceptors (Lipinski definition) is 2. The highest BCUT2D eigenvalue weighted by Gasteiger charge is 2.25. The van der Waals surface area contributed by atoms with Gasteiger partial charge in [0.15, 0.2) is 0 Å². The minimum absolute atomic E-state index is 0.271. The van der Waals surface area contributed by atoms with Gasteiger partial charge in [0.25, 0.3) is 0 Å². The van der Waals surface area contributed by atoms with Gasteiger partial charge in [-0.3, -0.25) is 0 Å². The maximum absolute atomic E-state index is 11.6. The van der Waals surface area contributed by atoms with Crippen molar-refractivity contribution < 1.29 is 4.55 Å². The summed E-state index contributed by atoms with van der Waals surface area (Å²) < 4.78 is 15.3. The van der Waals surface area contributed by atoms with Crippen LogP contribution in [0.2, 0.25) is 0 Å². The quantitative estimate of drug-likeness (QED) is 0.573. The molecule has 2 nitrogen and oxygen atoms in total. The molecule has 0 bridgehead atoms. The zero-order valence-electron chi connectivity index (χ0n) is 9.43. The number of nitrogens with zero attached hydrogens (tertiary/aromatic N) is 1. The molecule has 0 aliphatic rings. The van der Waals surface area contributed by atoms with Crippen molar-refractivity contribution in [3.8, 4) is 0 Å². The Morgan fingerprint density at radius 3 is 2.40 bits per heavy atom. The molecule has 0 saturated carbocycles. The van der Waals surface area contributed by atoms with Gasteiger partial charge >= 0.3 is 0 Å². The maximum atomic E-state index is 11.6. The van der Waals surface area contributed by atoms with E-state index >= 15 is 0 Å². The van der Waals surface area contributed by atoms with Crippen molar-refractivity contribution in [2.45, 2.75) is 31.9 Å².